The van der Waals surface area contributed by atoms with Gasteiger partial charge in [0.05, 0.1) is 22.2 Å². The summed E-state index contributed by atoms with van der Waals surface area (Å²) in [5.74, 6) is 0. The molecule has 0 radical (unpaired) electrons. The van der Waals surface area contributed by atoms with Crippen molar-refractivity contribution in [3.63, 3.8) is 0 Å². The van der Waals surface area contributed by atoms with E-state index in [0.29, 0.717) is 5.56 Å². The monoisotopic (exact) mass is 873 g/mol. The highest BCUT2D eigenvalue weighted by atomic mass is 15.1. The summed E-state index contributed by atoms with van der Waals surface area (Å²) >= 11 is 0. The van der Waals surface area contributed by atoms with Crippen molar-refractivity contribution in [2.75, 3.05) is 9.80 Å². The molecular weight excluding hydrogens is 823 g/mol. The van der Waals surface area contributed by atoms with Crippen LogP contribution in [0, 0.1) is 0 Å². The van der Waals surface area contributed by atoms with E-state index in [0.717, 1.165) is 88.6 Å². The summed E-state index contributed by atoms with van der Waals surface area (Å²) in [4.78, 5) is 4.19. The van der Waals surface area contributed by atoms with E-state index in [2.05, 4.69) is 181 Å². The highest BCUT2D eigenvalue weighted by Crippen LogP contribution is 2.51. The Morgan fingerprint density at radius 2 is 0.971 bits per heavy atom. The van der Waals surface area contributed by atoms with Gasteiger partial charge in [-0.3, -0.25) is 0 Å². The summed E-state index contributed by atoms with van der Waals surface area (Å²) in [6.07, 6.45) is 0. The number of hydrogen-bond acceptors (Lipinski definition) is 2. The lowest BCUT2D eigenvalue weighted by Crippen LogP contribution is -2.16. The topological polar surface area (TPSA) is 11.4 Å². The van der Waals surface area contributed by atoms with Crippen LogP contribution in [-0.4, -0.2) is 4.57 Å². The van der Waals surface area contributed by atoms with Crippen molar-refractivity contribution in [3.05, 3.63) is 260 Å². The maximum atomic E-state index is 9.84. The molecule has 0 saturated heterocycles. The molecule has 0 fully saturated rings. The Morgan fingerprint density at radius 1 is 0.368 bits per heavy atom. The van der Waals surface area contributed by atoms with Crippen molar-refractivity contribution < 1.29 is 5.48 Å². The van der Waals surface area contributed by atoms with Gasteiger partial charge >= 0.3 is 0 Å². The number of hydrogen-bond donors (Lipinski definition) is 0. The summed E-state index contributed by atoms with van der Waals surface area (Å²) < 4.78 is 41.7. The van der Waals surface area contributed by atoms with Gasteiger partial charge in [-0.05, 0) is 140 Å². The highest BCUT2D eigenvalue weighted by molar-refractivity contribution is 6.12. The highest BCUT2D eigenvalue weighted by Gasteiger charge is 2.35. The third kappa shape index (κ3) is 6.35. The quantitative estimate of drug-likeness (QED) is 0.151. The fourth-order valence-corrected chi connectivity index (χ4v) is 10.8. The molecule has 0 atom stereocenters. The molecule has 0 spiro atoms. The minimum Gasteiger partial charge on any atom is -0.310 e. The lowest BCUT2D eigenvalue weighted by Gasteiger charge is -2.28. The zero-order valence-corrected chi connectivity index (χ0v) is 37.7. The van der Waals surface area contributed by atoms with Crippen molar-refractivity contribution in [2.45, 2.75) is 19.3 Å². The minimum atomic E-state index is -0.282. The van der Waals surface area contributed by atoms with Crippen LogP contribution in [0.1, 0.15) is 30.5 Å². The first-order chi connectivity index (χ1) is 35.2. The average molecular weight is 874 g/mol. The van der Waals surface area contributed by atoms with E-state index in [-0.39, 0.29) is 40.8 Å². The molecule has 3 nitrogen and oxygen atoms in total. The van der Waals surface area contributed by atoms with E-state index in [1.54, 1.807) is 0 Å². The van der Waals surface area contributed by atoms with E-state index in [1.165, 1.54) is 11.1 Å². The van der Waals surface area contributed by atoms with Gasteiger partial charge in [-0.25, -0.2) is 0 Å². The van der Waals surface area contributed by atoms with Gasteiger partial charge in [0.15, 0.2) is 0 Å². The maximum absolute atomic E-state index is 9.84. The summed E-state index contributed by atoms with van der Waals surface area (Å²) in [6.45, 7) is 4.47. The number of rotatable bonds is 8. The van der Waals surface area contributed by atoms with Gasteiger partial charge in [-0.1, -0.05) is 172 Å². The van der Waals surface area contributed by atoms with Gasteiger partial charge in [0.25, 0.3) is 0 Å². The second kappa shape index (κ2) is 15.8. The molecule has 3 heteroatoms. The third-order valence-electron chi connectivity index (χ3n) is 14.0. The summed E-state index contributed by atoms with van der Waals surface area (Å²) in [7, 11) is 0. The maximum Gasteiger partial charge on any atom is 0.0645 e. The summed E-state index contributed by atoms with van der Waals surface area (Å²) in [5.41, 5.74) is 13.3. The molecule has 12 aromatic rings. The standard InChI is InChI=1S/C65H47N3/c1-65(2)60-28-13-11-23-55(60)56-39-37-52(43-61(56)65)66(47-19-5-3-6-20-47)49-34-32-45(33-35-49)53-25-15-27-57-54(53)26-16-30-62(57)67(50-36-31-44-17-9-10-18-46(44)41-50)51-38-40-64-59(42-51)58-24-12-14-29-63(58)68(64)48-21-7-4-8-22-48/h3-43H,1-2H3/i32D,33D,34D,35D. The van der Waals surface area contributed by atoms with Crippen LogP contribution < -0.4 is 9.80 Å². The lowest BCUT2D eigenvalue weighted by atomic mass is 9.82. The predicted octanol–water partition coefficient (Wildman–Crippen LogP) is 18.0. The van der Waals surface area contributed by atoms with Gasteiger partial charge in [0.2, 0.25) is 0 Å². The molecular formula is C65H47N3. The molecule has 0 aliphatic heterocycles. The Morgan fingerprint density at radius 3 is 1.82 bits per heavy atom. The van der Waals surface area contributed by atoms with Crippen LogP contribution in [-0.2, 0) is 5.41 Å². The molecule has 68 heavy (non-hydrogen) atoms. The van der Waals surface area contributed by atoms with E-state index in [9.17, 15) is 5.48 Å². The first kappa shape index (κ1) is 35.6. The number of aromatic nitrogens is 1. The Bertz CT molecular complexity index is 4110. The molecule has 1 aliphatic rings. The average Bonchev–Trinajstić information content (AvgIpc) is 3.87. The molecule has 0 amide bonds. The number of benzene rings is 11. The number of fused-ring (bicyclic) bond motifs is 8. The fraction of sp³-hybridized carbons (Fsp3) is 0.0462. The summed E-state index contributed by atoms with van der Waals surface area (Å²) in [5, 5.41) is 6.26. The van der Waals surface area contributed by atoms with Crippen LogP contribution in [0.15, 0.2) is 249 Å². The second-order valence-corrected chi connectivity index (χ2v) is 18.2. The first-order valence-corrected chi connectivity index (χ1v) is 23.3. The van der Waals surface area contributed by atoms with Gasteiger partial charge in [0.1, 0.15) is 0 Å². The fourth-order valence-electron chi connectivity index (χ4n) is 10.8. The Labute approximate surface area is 402 Å². The SMILES string of the molecule is [2H]c1c([2H])c(N(c2ccccc2)c2ccc3c(c2)C(C)(C)c2ccccc2-3)c([2H])c([2H])c1-c1cccc2c(N(c3ccc4ccccc4c3)c3ccc4c(c3)c3ccccc3n4-c3ccccc3)cccc12. The lowest BCUT2D eigenvalue weighted by molar-refractivity contribution is 0.660. The molecule has 1 aliphatic carbocycles. The largest absolute Gasteiger partial charge is 0.310 e. The zero-order valence-electron chi connectivity index (χ0n) is 41.7. The van der Waals surface area contributed by atoms with E-state index < -0.39 is 0 Å². The van der Waals surface area contributed by atoms with Crippen molar-refractivity contribution in [1.29, 1.82) is 0 Å². The normalized spacial score (nSPS) is 13.5. The zero-order chi connectivity index (χ0) is 48.8. The van der Waals surface area contributed by atoms with Crippen molar-refractivity contribution in [3.8, 4) is 27.9 Å². The number of anilines is 6. The summed E-state index contributed by atoms with van der Waals surface area (Å²) in [6, 6.07) is 77.1. The van der Waals surface area contributed by atoms with Gasteiger partial charge < -0.3 is 14.4 Å². The van der Waals surface area contributed by atoms with E-state index in [4.69, 9.17) is 0 Å². The van der Waals surface area contributed by atoms with Gasteiger partial charge in [-0.15, -0.1) is 0 Å². The van der Waals surface area contributed by atoms with Crippen LogP contribution in [0.2, 0.25) is 0 Å². The van der Waals surface area contributed by atoms with Crippen molar-refractivity contribution in [1.82, 2.24) is 4.57 Å². The van der Waals surface area contributed by atoms with Gasteiger partial charge in [-0.2, -0.15) is 0 Å². The molecule has 11 aromatic carbocycles. The third-order valence-corrected chi connectivity index (χ3v) is 14.0. The van der Waals surface area contributed by atoms with Crippen LogP contribution in [0.5, 0.6) is 0 Å². The molecule has 1 heterocycles. The Hall–Kier alpha value is -8.66. The molecule has 1 aromatic heterocycles. The number of nitrogens with zero attached hydrogens (tertiary/aromatic N) is 3. The Kier molecular flexibility index (Phi) is 8.24. The molecule has 322 valence electrons. The molecule has 0 unspecified atom stereocenters. The molecule has 0 bridgehead atoms. The molecule has 0 saturated carbocycles. The van der Waals surface area contributed by atoms with Crippen molar-refractivity contribution >= 4 is 77.5 Å². The van der Waals surface area contributed by atoms with Crippen LogP contribution >= 0.6 is 0 Å². The van der Waals surface area contributed by atoms with Crippen LogP contribution in [0.25, 0.3) is 71.3 Å². The molecule has 13 rings (SSSR count). The predicted molar refractivity (Wildman–Crippen MR) is 288 cm³/mol. The Balaban J connectivity index is 0.989. The van der Waals surface area contributed by atoms with Crippen LogP contribution in [0.4, 0.5) is 34.1 Å². The van der Waals surface area contributed by atoms with E-state index >= 15 is 0 Å². The molecule has 0 N–H and O–H groups in total. The second-order valence-electron chi connectivity index (χ2n) is 18.2. The first-order valence-electron chi connectivity index (χ1n) is 25.3. The van der Waals surface area contributed by atoms with Crippen molar-refractivity contribution in [2.24, 2.45) is 0 Å². The van der Waals surface area contributed by atoms with E-state index in [1.807, 2.05) is 71.6 Å². The van der Waals surface area contributed by atoms with Gasteiger partial charge in [0, 0.05) is 55.7 Å². The smallest absolute Gasteiger partial charge is 0.0645 e. The number of para-hydroxylation sites is 3. The minimum absolute atomic E-state index is 0.106. The van der Waals surface area contributed by atoms with Crippen LogP contribution in [0.3, 0.4) is 0 Å².